The molecule has 2 aromatic carbocycles. The SMILES string of the molecule is CCn1cc(COc2cccc(OC)c2)c2c(O)cccc21. The molecule has 0 aliphatic heterocycles. The van der Waals surface area contributed by atoms with E-state index in [0.29, 0.717) is 6.61 Å². The van der Waals surface area contributed by atoms with E-state index in [0.717, 1.165) is 34.5 Å². The van der Waals surface area contributed by atoms with Crippen molar-refractivity contribution in [2.24, 2.45) is 0 Å². The molecule has 0 saturated carbocycles. The topological polar surface area (TPSA) is 43.6 Å². The Balaban J connectivity index is 1.90. The fourth-order valence-electron chi connectivity index (χ4n) is 2.64. The average molecular weight is 297 g/mol. The molecule has 0 saturated heterocycles. The Morgan fingerprint density at radius 1 is 1.09 bits per heavy atom. The molecule has 0 bridgehead atoms. The molecule has 1 aromatic heterocycles. The fourth-order valence-corrected chi connectivity index (χ4v) is 2.64. The minimum Gasteiger partial charge on any atom is -0.507 e. The monoisotopic (exact) mass is 297 g/mol. The highest BCUT2D eigenvalue weighted by Crippen LogP contribution is 2.31. The third-order valence-corrected chi connectivity index (χ3v) is 3.74. The third kappa shape index (κ3) is 2.60. The van der Waals surface area contributed by atoms with Crippen LogP contribution in [0.5, 0.6) is 17.2 Å². The first-order valence-electron chi connectivity index (χ1n) is 7.29. The van der Waals surface area contributed by atoms with Crippen LogP contribution in [0.2, 0.25) is 0 Å². The van der Waals surface area contributed by atoms with Gasteiger partial charge in [-0.15, -0.1) is 0 Å². The minimum absolute atomic E-state index is 0.286. The van der Waals surface area contributed by atoms with Crippen LogP contribution in [0.3, 0.4) is 0 Å². The van der Waals surface area contributed by atoms with E-state index in [1.165, 1.54) is 0 Å². The predicted molar refractivity (Wildman–Crippen MR) is 86.6 cm³/mol. The Kier molecular flexibility index (Phi) is 3.92. The van der Waals surface area contributed by atoms with Crippen molar-refractivity contribution in [1.82, 2.24) is 4.57 Å². The van der Waals surface area contributed by atoms with Crippen LogP contribution in [0, 0.1) is 0 Å². The second-order valence-corrected chi connectivity index (χ2v) is 5.08. The number of hydrogen-bond donors (Lipinski definition) is 1. The van der Waals surface area contributed by atoms with Gasteiger partial charge in [-0.25, -0.2) is 0 Å². The number of fused-ring (bicyclic) bond motifs is 1. The molecule has 0 aliphatic carbocycles. The number of ether oxygens (including phenoxy) is 2. The Morgan fingerprint density at radius 3 is 2.64 bits per heavy atom. The van der Waals surface area contributed by atoms with Crippen molar-refractivity contribution in [1.29, 1.82) is 0 Å². The molecule has 22 heavy (non-hydrogen) atoms. The second-order valence-electron chi connectivity index (χ2n) is 5.08. The standard InChI is InChI=1S/C18H19NO3/c1-3-19-11-13(18-16(19)8-5-9-17(18)20)12-22-15-7-4-6-14(10-15)21-2/h4-11,20H,3,12H2,1-2H3. The van der Waals surface area contributed by atoms with Crippen molar-refractivity contribution in [3.05, 3.63) is 54.2 Å². The lowest BCUT2D eigenvalue weighted by Crippen LogP contribution is -1.95. The predicted octanol–water partition coefficient (Wildman–Crippen LogP) is 3.95. The van der Waals surface area contributed by atoms with E-state index in [-0.39, 0.29) is 5.75 Å². The minimum atomic E-state index is 0.286. The highest BCUT2D eigenvalue weighted by atomic mass is 16.5. The van der Waals surface area contributed by atoms with Crippen LogP contribution in [0.4, 0.5) is 0 Å². The summed E-state index contributed by atoms with van der Waals surface area (Å²) in [6.45, 7) is 3.32. The number of phenolic OH excluding ortho intramolecular Hbond substituents is 1. The molecule has 0 atom stereocenters. The summed E-state index contributed by atoms with van der Waals surface area (Å²) in [6, 6.07) is 13.1. The number of hydrogen-bond acceptors (Lipinski definition) is 3. The van der Waals surface area contributed by atoms with Gasteiger partial charge < -0.3 is 19.1 Å². The normalized spacial score (nSPS) is 10.8. The van der Waals surface area contributed by atoms with Gasteiger partial charge in [0.15, 0.2) is 0 Å². The number of methoxy groups -OCH3 is 1. The first kappa shape index (κ1) is 14.3. The van der Waals surface area contributed by atoms with E-state index < -0.39 is 0 Å². The number of phenols is 1. The summed E-state index contributed by atoms with van der Waals surface area (Å²) in [4.78, 5) is 0. The molecule has 0 unspecified atom stereocenters. The molecule has 114 valence electrons. The van der Waals surface area contributed by atoms with Gasteiger partial charge in [-0.1, -0.05) is 12.1 Å². The summed E-state index contributed by atoms with van der Waals surface area (Å²) in [7, 11) is 1.63. The van der Waals surface area contributed by atoms with Crippen molar-refractivity contribution >= 4 is 10.9 Å². The van der Waals surface area contributed by atoms with Gasteiger partial charge in [-0.3, -0.25) is 0 Å². The van der Waals surface area contributed by atoms with Gasteiger partial charge in [0.25, 0.3) is 0 Å². The maximum atomic E-state index is 10.2. The zero-order chi connectivity index (χ0) is 15.5. The van der Waals surface area contributed by atoms with E-state index in [1.54, 1.807) is 13.2 Å². The number of rotatable bonds is 5. The second kappa shape index (κ2) is 6.02. The molecule has 3 rings (SSSR count). The lowest BCUT2D eigenvalue weighted by molar-refractivity contribution is 0.304. The van der Waals surface area contributed by atoms with Crippen molar-refractivity contribution in [3.63, 3.8) is 0 Å². The first-order chi connectivity index (χ1) is 10.7. The van der Waals surface area contributed by atoms with Crippen molar-refractivity contribution in [2.75, 3.05) is 7.11 Å². The van der Waals surface area contributed by atoms with Crippen LogP contribution in [-0.4, -0.2) is 16.8 Å². The molecule has 0 radical (unpaired) electrons. The van der Waals surface area contributed by atoms with Gasteiger partial charge in [0, 0.05) is 29.8 Å². The molecular weight excluding hydrogens is 278 g/mol. The van der Waals surface area contributed by atoms with E-state index >= 15 is 0 Å². The highest BCUT2D eigenvalue weighted by molar-refractivity contribution is 5.89. The number of nitrogens with zero attached hydrogens (tertiary/aromatic N) is 1. The molecule has 0 amide bonds. The highest BCUT2D eigenvalue weighted by Gasteiger charge is 2.12. The number of benzene rings is 2. The number of aromatic nitrogens is 1. The van der Waals surface area contributed by atoms with Crippen LogP contribution in [0.1, 0.15) is 12.5 Å². The summed E-state index contributed by atoms with van der Waals surface area (Å²) in [5.41, 5.74) is 1.99. The average Bonchev–Trinajstić information content (AvgIpc) is 2.92. The zero-order valence-electron chi connectivity index (χ0n) is 12.7. The van der Waals surface area contributed by atoms with Gasteiger partial charge in [-0.2, -0.15) is 0 Å². The van der Waals surface area contributed by atoms with Gasteiger partial charge in [0.1, 0.15) is 23.9 Å². The third-order valence-electron chi connectivity index (χ3n) is 3.74. The van der Waals surface area contributed by atoms with Crippen molar-refractivity contribution < 1.29 is 14.6 Å². The molecule has 0 aliphatic rings. The van der Waals surface area contributed by atoms with Crippen LogP contribution < -0.4 is 9.47 Å². The van der Waals surface area contributed by atoms with Crippen molar-refractivity contribution in [2.45, 2.75) is 20.1 Å². The van der Waals surface area contributed by atoms with Crippen LogP contribution in [-0.2, 0) is 13.2 Å². The largest absolute Gasteiger partial charge is 0.507 e. The van der Waals surface area contributed by atoms with E-state index in [9.17, 15) is 5.11 Å². The Morgan fingerprint density at radius 2 is 1.86 bits per heavy atom. The van der Waals surface area contributed by atoms with Gasteiger partial charge in [-0.05, 0) is 31.2 Å². The van der Waals surface area contributed by atoms with Gasteiger partial charge >= 0.3 is 0 Å². The summed E-state index contributed by atoms with van der Waals surface area (Å²) < 4.78 is 13.2. The summed E-state index contributed by atoms with van der Waals surface area (Å²) in [6.07, 6.45) is 2.03. The molecular formula is C18H19NO3. The Bertz CT molecular complexity index is 792. The van der Waals surface area contributed by atoms with Gasteiger partial charge in [0.2, 0.25) is 0 Å². The quantitative estimate of drug-likeness (QED) is 0.775. The Labute approximate surface area is 129 Å². The number of aromatic hydroxyl groups is 1. The summed E-state index contributed by atoms with van der Waals surface area (Å²) in [5, 5.41) is 11.0. The van der Waals surface area contributed by atoms with E-state index in [4.69, 9.17) is 9.47 Å². The number of aryl methyl sites for hydroxylation is 1. The summed E-state index contributed by atoms with van der Waals surface area (Å²) >= 11 is 0. The van der Waals surface area contributed by atoms with Crippen LogP contribution in [0.25, 0.3) is 10.9 Å². The molecule has 4 heteroatoms. The van der Waals surface area contributed by atoms with Crippen LogP contribution >= 0.6 is 0 Å². The molecule has 1 N–H and O–H groups in total. The van der Waals surface area contributed by atoms with E-state index in [1.807, 2.05) is 42.6 Å². The molecule has 0 fully saturated rings. The summed E-state index contributed by atoms with van der Waals surface area (Å²) in [5.74, 6) is 1.79. The lowest BCUT2D eigenvalue weighted by atomic mass is 10.1. The van der Waals surface area contributed by atoms with Crippen molar-refractivity contribution in [3.8, 4) is 17.2 Å². The van der Waals surface area contributed by atoms with E-state index in [2.05, 4.69) is 11.5 Å². The zero-order valence-corrected chi connectivity index (χ0v) is 12.7. The maximum absolute atomic E-state index is 10.2. The molecule has 1 heterocycles. The maximum Gasteiger partial charge on any atom is 0.125 e. The first-order valence-corrected chi connectivity index (χ1v) is 7.29. The van der Waals surface area contributed by atoms with Gasteiger partial charge in [0.05, 0.1) is 12.6 Å². The molecule has 0 spiro atoms. The molecule has 4 nitrogen and oxygen atoms in total. The lowest BCUT2D eigenvalue weighted by Gasteiger charge is -2.07. The Hall–Kier alpha value is -2.62. The smallest absolute Gasteiger partial charge is 0.125 e. The molecule has 3 aromatic rings. The fraction of sp³-hybridized carbons (Fsp3) is 0.222. The van der Waals surface area contributed by atoms with Crippen LogP contribution in [0.15, 0.2) is 48.7 Å².